The predicted molar refractivity (Wildman–Crippen MR) is 279 cm³/mol. The average Bonchev–Trinajstić information content (AvgIpc) is 3.37. The lowest BCUT2D eigenvalue weighted by Gasteiger charge is -2.42. The lowest BCUT2D eigenvalue weighted by Crippen LogP contribution is -2.61. The fourth-order valence-electron chi connectivity index (χ4n) is 7.59. The van der Waals surface area contributed by atoms with E-state index < -0.39 is 86.7 Å². The molecule has 2 rings (SSSR count). The lowest BCUT2D eigenvalue weighted by atomic mass is 9.98. The van der Waals surface area contributed by atoms with Crippen LogP contribution in [0.4, 0.5) is 0 Å². The summed E-state index contributed by atoms with van der Waals surface area (Å²) in [6, 6.07) is 0. The number of hydrogen-bond donors (Lipinski definition) is 7. The maximum atomic E-state index is 13.0. The van der Waals surface area contributed by atoms with Crippen molar-refractivity contribution >= 4 is 5.97 Å². The van der Waals surface area contributed by atoms with E-state index in [0.29, 0.717) is 13.0 Å². The molecule has 0 bridgehead atoms. The highest BCUT2D eigenvalue weighted by Crippen LogP contribution is 2.26. The number of carbonyl (C=O) groups is 1. The normalized spacial score (nSPS) is 26.2. The van der Waals surface area contributed by atoms with Crippen LogP contribution in [0.15, 0.2) is 109 Å². The summed E-state index contributed by atoms with van der Waals surface area (Å²) < 4.78 is 34.1. The van der Waals surface area contributed by atoms with Crippen LogP contribution in [0, 0.1) is 0 Å². The molecular weight excluding hydrogens is 909 g/mol. The second-order valence-corrected chi connectivity index (χ2v) is 17.9. The highest BCUT2D eigenvalue weighted by molar-refractivity contribution is 5.71. The van der Waals surface area contributed by atoms with Gasteiger partial charge in [-0.25, -0.2) is 0 Å². The number of esters is 1. The number of ether oxygens (including phenoxy) is 6. The predicted octanol–water partition coefficient (Wildman–Crippen LogP) is 8.40. The number of aliphatic hydroxyl groups excluding tert-OH is 7. The third-order valence-electron chi connectivity index (χ3n) is 11.8. The van der Waals surface area contributed by atoms with E-state index in [0.717, 1.165) is 77.0 Å². The molecule has 0 amide bonds. The molecule has 7 N–H and O–H groups in total. The number of carbonyl (C=O) groups excluding carboxylic acids is 1. The first kappa shape index (κ1) is 63.8. The molecule has 0 radical (unpaired) electrons. The van der Waals surface area contributed by atoms with E-state index in [-0.39, 0.29) is 19.6 Å². The maximum absolute atomic E-state index is 13.0. The first-order valence-electron chi connectivity index (χ1n) is 26.5. The van der Waals surface area contributed by atoms with E-state index in [1.807, 2.05) is 12.2 Å². The van der Waals surface area contributed by atoms with Gasteiger partial charge in [-0.15, -0.1) is 0 Å². The summed E-state index contributed by atoms with van der Waals surface area (Å²) in [5.74, 6) is -0.510. The van der Waals surface area contributed by atoms with Gasteiger partial charge in [0.2, 0.25) is 0 Å². The van der Waals surface area contributed by atoms with E-state index >= 15 is 0 Å². The zero-order chi connectivity index (χ0) is 51.6. The lowest BCUT2D eigenvalue weighted by molar-refractivity contribution is -0.332. The van der Waals surface area contributed by atoms with Gasteiger partial charge in [0.15, 0.2) is 12.6 Å². The SMILES string of the molecule is CC/C=C\C/C=C\C/C=C\C/C=C\C/C=C\CC(=O)OC(COCCCCCCCCCCC/C=C\C/C=C\C/C=C\C/C=C\CC)COC1OC(COC2OC(CO)C(O)C(O)C2O)C(O)C(O)C1O. The fourth-order valence-corrected chi connectivity index (χ4v) is 7.59. The van der Waals surface area contributed by atoms with Crippen LogP contribution in [0.1, 0.15) is 142 Å². The van der Waals surface area contributed by atoms with Crippen molar-refractivity contribution in [3.8, 4) is 0 Å². The van der Waals surface area contributed by atoms with Gasteiger partial charge in [0.1, 0.15) is 54.9 Å². The summed E-state index contributed by atoms with van der Waals surface area (Å²) in [6.07, 6.45) is 41.8. The third-order valence-corrected chi connectivity index (χ3v) is 11.8. The Bertz CT molecular complexity index is 1580. The molecular formula is C57H92O14. The van der Waals surface area contributed by atoms with Crippen molar-refractivity contribution in [3.05, 3.63) is 109 Å². The van der Waals surface area contributed by atoms with Crippen molar-refractivity contribution in [2.24, 2.45) is 0 Å². The minimum atomic E-state index is -1.73. The largest absolute Gasteiger partial charge is 0.457 e. The van der Waals surface area contributed by atoms with Gasteiger partial charge in [-0.2, -0.15) is 0 Å². The number of hydrogen-bond acceptors (Lipinski definition) is 14. The Hall–Kier alpha value is -3.35. The smallest absolute Gasteiger partial charge is 0.310 e. The summed E-state index contributed by atoms with van der Waals surface area (Å²) in [4.78, 5) is 13.0. The molecule has 404 valence electrons. The minimum absolute atomic E-state index is 0.00988. The monoisotopic (exact) mass is 1000 g/mol. The molecule has 71 heavy (non-hydrogen) atoms. The van der Waals surface area contributed by atoms with Gasteiger partial charge in [-0.3, -0.25) is 4.79 Å². The molecule has 0 aromatic carbocycles. The van der Waals surface area contributed by atoms with Crippen LogP contribution in [0.5, 0.6) is 0 Å². The van der Waals surface area contributed by atoms with E-state index in [9.17, 15) is 40.5 Å². The van der Waals surface area contributed by atoms with Crippen LogP contribution in [0.2, 0.25) is 0 Å². The molecule has 14 heteroatoms. The summed E-state index contributed by atoms with van der Waals surface area (Å²) in [5, 5.41) is 72.2. The highest BCUT2D eigenvalue weighted by Gasteiger charge is 2.47. The van der Waals surface area contributed by atoms with E-state index in [1.165, 1.54) is 38.5 Å². The molecule has 2 aliphatic rings. The van der Waals surface area contributed by atoms with Gasteiger partial charge in [-0.1, -0.05) is 168 Å². The van der Waals surface area contributed by atoms with Gasteiger partial charge >= 0.3 is 5.97 Å². The second kappa shape index (κ2) is 43.1. The van der Waals surface area contributed by atoms with Crippen molar-refractivity contribution in [1.82, 2.24) is 0 Å². The third kappa shape index (κ3) is 30.4. The van der Waals surface area contributed by atoms with Crippen molar-refractivity contribution in [2.75, 3.05) is 33.0 Å². The summed E-state index contributed by atoms with van der Waals surface area (Å²) in [7, 11) is 0. The zero-order valence-corrected chi connectivity index (χ0v) is 42.9. The standard InChI is InChI=1S/C57H92O14/c1-3-5-7-9-11-13-15-17-19-20-21-22-23-24-25-27-29-31-33-35-37-39-41-66-43-46(69-49(59)40-38-36-34-32-30-28-26-18-16-14-12-10-8-6-4-2)44-67-56-55(65)53(63)51(61)48(71-56)45-68-57-54(64)52(62)50(60)47(42-58)70-57/h5-8,11-14,17-19,21-22,26,30,32,36,38,46-48,50-58,60-65H,3-4,9-10,15-16,20,23-25,27-29,31,33-35,37,39-45H2,1-2H3/b7-5-,8-6-,13-11-,14-12-,19-17-,22-21-,26-18-,32-30-,38-36-. The van der Waals surface area contributed by atoms with Gasteiger partial charge in [0.05, 0.1) is 32.8 Å². The Kier molecular flexibility index (Phi) is 38.7. The Morgan fingerprint density at radius 1 is 0.465 bits per heavy atom. The average molecular weight is 1000 g/mol. The van der Waals surface area contributed by atoms with Crippen LogP contribution in [-0.2, 0) is 33.2 Å². The number of unbranched alkanes of at least 4 members (excludes halogenated alkanes) is 9. The Balaban J connectivity index is 1.78. The number of aliphatic hydroxyl groups is 7. The molecule has 14 nitrogen and oxygen atoms in total. The van der Waals surface area contributed by atoms with Crippen molar-refractivity contribution in [2.45, 2.75) is 210 Å². The minimum Gasteiger partial charge on any atom is -0.457 e. The summed E-state index contributed by atoms with van der Waals surface area (Å²) in [5.41, 5.74) is 0. The molecule has 0 spiro atoms. The van der Waals surface area contributed by atoms with Crippen LogP contribution in [-0.4, -0.2) is 142 Å². The van der Waals surface area contributed by atoms with Gasteiger partial charge in [-0.05, 0) is 77.0 Å². The Morgan fingerprint density at radius 3 is 1.37 bits per heavy atom. The van der Waals surface area contributed by atoms with Crippen LogP contribution in [0.25, 0.3) is 0 Å². The molecule has 0 aromatic rings. The number of allylic oxidation sites excluding steroid dienone is 17. The van der Waals surface area contributed by atoms with Gasteiger partial charge < -0.3 is 64.2 Å². The van der Waals surface area contributed by atoms with Gasteiger partial charge in [0.25, 0.3) is 0 Å². The molecule has 2 fully saturated rings. The van der Waals surface area contributed by atoms with E-state index in [4.69, 9.17) is 28.4 Å². The van der Waals surface area contributed by atoms with Crippen molar-refractivity contribution in [1.29, 1.82) is 0 Å². The van der Waals surface area contributed by atoms with Crippen LogP contribution in [0.3, 0.4) is 0 Å². The van der Waals surface area contributed by atoms with Crippen LogP contribution < -0.4 is 0 Å². The topological polar surface area (TPSA) is 214 Å². The molecule has 0 saturated carbocycles. The Morgan fingerprint density at radius 2 is 0.873 bits per heavy atom. The Labute approximate surface area is 425 Å². The van der Waals surface area contributed by atoms with Gasteiger partial charge in [0, 0.05) is 6.61 Å². The first-order chi connectivity index (χ1) is 34.6. The molecule has 2 saturated heterocycles. The van der Waals surface area contributed by atoms with Crippen LogP contribution >= 0.6 is 0 Å². The van der Waals surface area contributed by atoms with E-state index in [1.54, 1.807) is 6.08 Å². The zero-order valence-electron chi connectivity index (χ0n) is 42.9. The summed E-state index contributed by atoms with van der Waals surface area (Å²) in [6.45, 7) is 3.29. The summed E-state index contributed by atoms with van der Waals surface area (Å²) >= 11 is 0. The quantitative estimate of drug-likeness (QED) is 0.0175. The fraction of sp³-hybridized carbons (Fsp3) is 0.667. The molecule has 11 atom stereocenters. The highest BCUT2D eigenvalue weighted by atomic mass is 16.7. The number of rotatable bonds is 40. The molecule has 0 aliphatic carbocycles. The van der Waals surface area contributed by atoms with Crippen molar-refractivity contribution in [3.63, 3.8) is 0 Å². The molecule has 2 heterocycles. The second-order valence-electron chi connectivity index (χ2n) is 17.9. The molecule has 11 unspecified atom stereocenters. The maximum Gasteiger partial charge on any atom is 0.310 e. The molecule has 2 aliphatic heterocycles. The first-order valence-corrected chi connectivity index (χ1v) is 26.5. The van der Waals surface area contributed by atoms with Crippen molar-refractivity contribution < 1.29 is 69.0 Å². The van der Waals surface area contributed by atoms with E-state index in [2.05, 4.69) is 105 Å². The molecule has 0 aromatic heterocycles.